The third kappa shape index (κ3) is 6.87. The van der Waals surface area contributed by atoms with Crippen molar-refractivity contribution < 1.29 is 14.3 Å². The van der Waals surface area contributed by atoms with Crippen LogP contribution in [0.25, 0.3) is 0 Å². The fraction of sp³-hybridized carbons (Fsp3) is 0.562. The number of hydrogen-bond acceptors (Lipinski definition) is 3. The Labute approximate surface area is 131 Å². The molecule has 0 radical (unpaired) electrons. The highest BCUT2D eigenvalue weighted by atomic mass is 19.1. The zero-order valence-electron chi connectivity index (χ0n) is 13.5. The summed E-state index contributed by atoms with van der Waals surface area (Å²) in [5.41, 5.74) is 1.46. The van der Waals surface area contributed by atoms with Gasteiger partial charge in [-0.1, -0.05) is 13.0 Å². The van der Waals surface area contributed by atoms with Gasteiger partial charge < -0.3 is 20.6 Å². The van der Waals surface area contributed by atoms with Crippen molar-refractivity contribution in [2.75, 3.05) is 20.6 Å². The third-order valence-corrected chi connectivity index (χ3v) is 3.28. The predicted octanol–water partition coefficient (Wildman–Crippen LogP) is 1.85. The number of rotatable bonds is 8. The molecule has 0 fully saturated rings. The van der Waals surface area contributed by atoms with Gasteiger partial charge in [-0.25, -0.2) is 9.18 Å². The van der Waals surface area contributed by atoms with Crippen molar-refractivity contribution in [2.24, 2.45) is 0 Å². The number of nitrogens with one attached hydrogen (secondary N) is 2. The van der Waals surface area contributed by atoms with Gasteiger partial charge >= 0.3 is 6.03 Å². The van der Waals surface area contributed by atoms with Crippen molar-refractivity contribution in [3.63, 3.8) is 0 Å². The molecule has 1 rings (SSSR count). The molecule has 5 nitrogen and oxygen atoms in total. The van der Waals surface area contributed by atoms with Crippen LogP contribution in [0.4, 0.5) is 9.18 Å². The van der Waals surface area contributed by atoms with E-state index in [9.17, 15) is 14.3 Å². The molecule has 2 amide bonds. The number of aliphatic hydroxyl groups excluding tert-OH is 1. The van der Waals surface area contributed by atoms with Gasteiger partial charge in [-0.2, -0.15) is 0 Å². The average molecular weight is 311 g/mol. The van der Waals surface area contributed by atoms with E-state index in [2.05, 4.69) is 10.6 Å². The zero-order valence-corrected chi connectivity index (χ0v) is 13.5. The molecule has 0 aliphatic carbocycles. The van der Waals surface area contributed by atoms with Crippen LogP contribution < -0.4 is 10.6 Å². The van der Waals surface area contributed by atoms with Crippen molar-refractivity contribution in [1.82, 2.24) is 15.5 Å². The second kappa shape index (κ2) is 9.38. The second-order valence-electron chi connectivity index (χ2n) is 5.62. The molecule has 1 unspecified atom stereocenters. The van der Waals surface area contributed by atoms with Crippen LogP contribution in [0.2, 0.25) is 0 Å². The lowest BCUT2D eigenvalue weighted by Crippen LogP contribution is -2.36. The first kappa shape index (κ1) is 18.4. The number of hydrogen-bond donors (Lipinski definition) is 3. The minimum Gasteiger partial charge on any atom is -0.393 e. The number of benzene rings is 1. The van der Waals surface area contributed by atoms with Gasteiger partial charge in [0.1, 0.15) is 5.82 Å². The molecular weight excluding hydrogens is 285 g/mol. The molecule has 0 aromatic heterocycles. The molecule has 0 heterocycles. The second-order valence-corrected chi connectivity index (χ2v) is 5.62. The average Bonchev–Trinajstić information content (AvgIpc) is 2.47. The van der Waals surface area contributed by atoms with E-state index in [1.165, 1.54) is 6.07 Å². The smallest absolute Gasteiger partial charge is 0.315 e. The summed E-state index contributed by atoms with van der Waals surface area (Å²) in [7, 11) is 3.76. The van der Waals surface area contributed by atoms with Gasteiger partial charge in [-0.3, -0.25) is 0 Å². The first-order valence-electron chi connectivity index (χ1n) is 7.54. The van der Waals surface area contributed by atoms with Crippen molar-refractivity contribution in [1.29, 1.82) is 0 Å². The maximum Gasteiger partial charge on any atom is 0.315 e. The molecule has 6 heteroatoms. The van der Waals surface area contributed by atoms with Crippen molar-refractivity contribution in [3.8, 4) is 0 Å². The SMILES string of the molecule is CCC(O)CCNC(=O)NCc1ccc(F)c(CN(C)C)c1. The molecule has 0 saturated heterocycles. The Morgan fingerprint density at radius 3 is 2.73 bits per heavy atom. The number of halogens is 1. The minimum absolute atomic E-state index is 0.240. The Morgan fingerprint density at radius 1 is 1.36 bits per heavy atom. The van der Waals surface area contributed by atoms with Gasteiger partial charge in [-0.05, 0) is 44.6 Å². The molecule has 1 aromatic carbocycles. The monoisotopic (exact) mass is 311 g/mol. The predicted molar refractivity (Wildman–Crippen MR) is 84.9 cm³/mol. The first-order valence-corrected chi connectivity index (χ1v) is 7.54. The van der Waals surface area contributed by atoms with Crippen LogP contribution in [0.3, 0.4) is 0 Å². The Kier molecular flexibility index (Phi) is 7.84. The Bertz CT molecular complexity index is 480. The van der Waals surface area contributed by atoms with Gasteiger partial charge in [-0.15, -0.1) is 0 Å². The van der Waals surface area contributed by atoms with Crippen LogP contribution >= 0.6 is 0 Å². The van der Waals surface area contributed by atoms with Crippen LogP contribution in [0.15, 0.2) is 18.2 Å². The lowest BCUT2D eigenvalue weighted by molar-refractivity contribution is 0.160. The minimum atomic E-state index is -0.383. The van der Waals surface area contributed by atoms with Crippen molar-refractivity contribution in [3.05, 3.63) is 35.1 Å². The number of nitrogens with zero attached hydrogens (tertiary/aromatic N) is 1. The molecule has 1 atom stereocenters. The lowest BCUT2D eigenvalue weighted by atomic mass is 10.1. The quantitative estimate of drug-likeness (QED) is 0.686. The topological polar surface area (TPSA) is 64.6 Å². The molecular formula is C16H26FN3O2. The molecule has 0 saturated carbocycles. The fourth-order valence-electron chi connectivity index (χ4n) is 2.00. The van der Waals surface area contributed by atoms with Gasteiger partial charge in [0.15, 0.2) is 0 Å². The molecule has 124 valence electrons. The molecule has 3 N–H and O–H groups in total. The normalized spacial score (nSPS) is 12.3. The molecule has 0 bridgehead atoms. The molecule has 0 aliphatic rings. The summed E-state index contributed by atoms with van der Waals surface area (Å²) in [6.45, 7) is 3.17. The molecule has 0 spiro atoms. The summed E-state index contributed by atoms with van der Waals surface area (Å²) < 4.78 is 13.7. The highest BCUT2D eigenvalue weighted by Crippen LogP contribution is 2.12. The van der Waals surface area contributed by atoms with E-state index in [1.807, 2.05) is 25.9 Å². The summed E-state index contributed by atoms with van der Waals surface area (Å²) in [4.78, 5) is 13.5. The van der Waals surface area contributed by atoms with Crippen molar-refractivity contribution >= 4 is 6.03 Å². The Morgan fingerprint density at radius 2 is 2.09 bits per heavy atom. The van der Waals surface area contributed by atoms with Gasteiger partial charge in [0.2, 0.25) is 0 Å². The molecule has 22 heavy (non-hydrogen) atoms. The largest absolute Gasteiger partial charge is 0.393 e. The zero-order chi connectivity index (χ0) is 16.5. The fourth-order valence-corrected chi connectivity index (χ4v) is 2.00. The summed E-state index contributed by atoms with van der Waals surface area (Å²) >= 11 is 0. The van der Waals surface area contributed by atoms with E-state index >= 15 is 0 Å². The Balaban J connectivity index is 2.42. The number of carbonyl (C=O) groups excluding carboxylic acids is 1. The maximum atomic E-state index is 13.7. The highest BCUT2D eigenvalue weighted by Gasteiger charge is 2.07. The van der Waals surface area contributed by atoms with Crippen LogP contribution in [0, 0.1) is 5.82 Å². The Hall–Kier alpha value is -1.66. The summed E-state index contributed by atoms with van der Waals surface area (Å²) in [5, 5.41) is 14.8. The standard InChI is InChI=1S/C16H26FN3O2/c1-4-14(21)7-8-18-16(22)19-10-12-5-6-15(17)13(9-12)11-20(2)3/h5-6,9,14,21H,4,7-8,10-11H2,1-3H3,(H2,18,19,22). The van der Waals surface area contributed by atoms with Crippen LogP contribution in [-0.4, -0.2) is 42.8 Å². The summed E-state index contributed by atoms with van der Waals surface area (Å²) in [6.07, 6.45) is 0.826. The van der Waals surface area contributed by atoms with Gasteiger partial charge in [0.25, 0.3) is 0 Å². The van der Waals surface area contributed by atoms with Crippen LogP contribution in [-0.2, 0) is 13.1 Å². The van der Waals surface area contributed by atoms with Gasteiger partial charge in [0.05, 0.1) is 6.10 Å². The van der Waals surface area contributed by atoms with Crippen LogP contribution in [0.5, 0.6) is 0 Å². The van der Waals surface area contributed by atoms with Crippen LogP contribution in [0.1, 0.15) is 30.9 Å². The summed E-state index contributed by atoms with van der Waals surface area (Å²) in [6, 6.07) is 4.55. The number of carbonyl (C=O) groups is 1. The van der Waals surface area contributed by atoms with Crippen molar-refractivity contribution in [2.45, 2.75) is 39.0 Å². The van der Waals surface area contributed by atoms with E-state index in [1.54, 1.807) is 12.1 Å². The van der Waals surface area contributed by atoms with E-state index in [0.29, 0.717) is 38.0 Å². The summed E-state index contributed by atoms with van der Waals surface area (Å²) in [5.74, 6) is -0.240. The lowest BCUT2D eigenvalue weighted by Gasteiger charge is -2.13. The third-order valence-electron chi connectivity index (χ3n) is 3.28. The number of aliphatic hydroxyl groups is 1. The van der Waals surface area contributed by atoms with E-state index < -0.39 is 0 Å². The molecule has 0 aliphatic heterocycles. The number of amides is 2. The first-order chi connectivity index (χ1) is 10.4. The maximum absolute atomic E-state index is 13.7. The molecule has 1 aromatic rings. The highest BCUT2D eigenvalue weighted by molar-refractivity contribution is 5.73. The van der Waals surface area contributed by atoms with Gasteiger partial charge in [0, 0.05) is 25.2 Å². The van der Waals surface area contributed by atoms with E-state index in [-0.39, 0.29) is 18.0 Å². The van der Waals surface area contributed by atoms with E-state index in [0.717, 1.165) is 5.56 Å². The number of urea groups is 1. The van der Waals surface area contributed by atoms with E-state index in [4.69, 9.17) is 0 Å².